The van der Waals surface area contributed by atoms with E-state index in [1.54, 1.807) is 7.11 Å². The van der Waals surface area contributed by atoms with Crippen LogP contribution in [-0.2, 0) is 12.8 Å². The number of rotatable bonds is 4. The van der Waals surface area contributed by atoms with Gasteiger partial charge in [-0.1, -0.05) is 12.1 Å². The van der Waals surface area contributed by atoms with Crippen LogP contribution in [0.4, 0.5) is 6.01 Å². The van der Waals surface area contributed by atoms with Crippen molar-refractivity contribution < 1.29 is 9.15 Å². The summed E-state index contributed by atoms with van der Waals surface area (Å²) >= 11 is 0. The van der Waals surface area contributed by atoms with Gasteiger partial charge in [0.2, 0.25) is 0 Å². The van der Waals surface area contributed by atoms with Crippen LogP contribution < -0.4 is 10.5 Å². The van der Waals surface area contributed by atoms with Gasteiger partial charge in [0.1, 0.15) is 11.5 Å². The van der Waals surface area contributed by atoms with E-state index < -0.39 is 0 Å². The van der Waals surface area contributed by atoms with Gasteiger partial charge in [-0.05, 0) is 37.5 Å². The fourth-order valence-corrected chi connectivity index (χ4v) is 1.74. The van der Waals surface area contributed by atoms with Crippen LogP contribution in [0.3, 0.4) is 0 Å². The summed E-state index contributed by atoms with van der Waals surface area (Å²) in [6, 6.07) is 8.26. The largest absolute Gasteiger partial charge is 0.497 e. The molecule has 0 atom stereocenters. The molecule has 1 aromatic heterocycles. The minimum Gasteiger partial charge on any atom is -0.497 e. The number of nitrogens with two attached hydrogens (primary N) is 1. The second kappa shape index (κ2) is 4.91. The third-order valence-corrected chi connectivity index (χ3v) is 2.72. The Hall–Kier alpha value is -1.97. The average Bonchev–Trinajstić information content (AvgIpc) is 2.66. The first kappa shape index (κ1) is 11.5. The summed E-state index contributed by atoms with van der Waals surface area (Å²) in [4.78, 5) is 4.15. The number of oxazole rings is 1. The molecule has 2 rings (SSSR count). The third-order valence-electron chi connectivity index (χ3n) is 2.72. The molecule has 0 aliphatic carbocycles. The topological polar surface area (TPSA) is 61.3 Å². The van der Waals surface area contributed by atoms with Crippen LogP contribution >= 0.6 is 0 Å². The number of anilines is 1. The van der Waals surface area contributed by atoms with Crippen LogP contribution in [-0.4, -0.2) is 12.1 Å². The van der Waals surface area contributed by atoms with E-state index in [4.69, 9.17) is 14.9 Å². The first-order chi connectivity index (χ1) is 8.19. The Morgan fingerprint density at radius 2 is 1.94 bits per heavy atom. The fourth-order valence-electron chi connectivity index (χ4n) is 1.74. The molecule has 2 N–H and O–H groups in total. The van der Waals surface area contributed by atoms with Crippen molar-refractivity contribution in [3.63, 3.8) is 0 Å². The highest BCUT2D eigenvalue weighted by Gasteiger charge is 2.07. The van der Waals surface area contributed by atoms with E-state index in [1.165, 1.54) is 5.56 Å². The van der Waals surface area contributed by atoms with Crippen molar-refractivity contribution in [2.24, 2.45) is 0 Å². The lowest BCUT2D eigenvalue weighted by Crippen LogP contribution is -1.94. The van der Waals surface area contributed by atoms with Gasteiger partial charge in [0.05, 0.1) is 12.8 Å². The van der Waals surface area contributed by atoms with Gasteiger partial charge in [0.15, 0.2) is 0 Å². The van der Waals surface area contributed by atoms with Crippen LogP contribution in [0.2, 0.25) is 0 Å². The Bertz CT molecular complexity index is 489. The summed E-state index contributed by atoms with van der Waals surface area (Å²) < 4.78 is 10.3. The van der Waals surface area contributed by atoms with Crippen LogP contribution in [0.15, 0.2) is 28.7 Å². The maximum Gasteiger partial charge on any atom is 0.292 e. The summed E-state index contributed by atoms with van der Waals surface area (Å²) in [6.45, 7) is 1.88. The first-order valence-electron chi connectivity index (χ1n) is 5.53. The molecule has 4 heteroatoms. The van der Waals surface area contributed by atoms with E-state index in [1.807, 2.05) is 19.1 Å². The predicted molar refractivity (Wildman–Crippen MR) is 66.1 cm³/mol. The molecule has 90 valence electrons. The Morgan fingerprint density at radius 3 is 2.47 bits per heavy atom. The monoisotopic (exact) mass is 232 g/mol. The van der Waals surface area contributed by atoms with Crippen LogP contribution in [0.5, 0.6) is 5.75 Å². The van der Waals surface area contributed by atoms with E-state index in [-0.39, 0.29) is 6.01 Å². The van der Waals surface area contributed by atoms with E-state index in [0.717, 1.165) is 30.0 Å². The highest BCUT2D eigenvalue weighted by molar-refractivity contribution is 5.28. The summed E-state index contributed by atoms with van der Waals surface area (Å²) in [6.07, 6.45) is 1.75. The molecule has 0 aliphatic heterocycles. The van der Waals surface area contributed by atoms with Crippen molar-refractivity contribution in [1.29, 1.82) is 0 Å². The van der Waals surface area contributed by atoms with Crippen molar-refractivity contribution in [3.05, 3.63) is 41.3 Å². The Kier molecular flexibility index (Phi) is 3.32. The number of nitrogens with zero attached hydrogens (tertiary/aromatic N) is 1. The van der Waals surface area contributed by atoms with Crippen molar-refractivity contribution in [3.8, 4) is 5.75 Å². The molecule has 0 aliphatic rings. The van der Waals surface area contributed by atoms with E-state index in [2.05, 4.69) is 17.1 Å². The van der Waals surface area contributed by atoms with Gasteiger partial charge in [-0.2, -0.15) is 4.98 Å². The maximum absolute atomic E-state index is 5.49. The molecule has 17 heavy (non-hydrogen) atoms. The number of hydrogen-bond donors (Lipinski definition) is 1. The molecule has 0 bridgehead atoms. The molecule has 1 heterocycles. The fraction of sp³-hybridized carbons (Fsp3) is 0.308. The van der Waals surface area contributed by atoms with Gasteiger partial charge in [-0.25, -0.2) is 0 Å². The second-order valence-electron chi connectivity index (χ2n) is 3.90. The lowest BCUT2D eigenvalue weighted by molar-refractivity contribution is 0.414. The SMILES string of the molecule is COc1ccc(CCc2nc(N)oc2C)cc1. The van der Waals surface area contributed by atoms with Crippen molar-refractivity contribution in [2.45, 2.75) is 19.8 Å². The Labute approximate surface area is 100 Å². The van der Waals surface area contributed by atoms with Gasteiger partial charge in [0.25, 0.3) is 6.01 Å². The lowest BCUT2D eigenvalue weighted by Gasteiger charge is -2.02. The van der Waals surface area contributed by atoms with E-state index in [0.29, 0.717) is 0 Å². The molecule has 4 nitrogen and oxygen atoms in total. The van der Waals surface area contributed by atoms with Gasteiger partial charge < -0.3 is 14.9 Å². The Morgan fingerprint density at radius 1 is 1.24 bits per heavy atom. The molecule has 2 aromatic rings. The average molecular weight is 232 g/mol. The Balaban J connectivity index is 1.99. The van der Waals surface area contributed by atoms with Gasteiger partial charge >= 0.3 is 0 Å². The quantitative estimate of drug-likeness (QED) is 0.879. The number of aromatic nitrogens is 1. The number of hydrogen-bond acceptors (Lipinski definition) is 4. The molecular weight excluding hydrogens is 216 g/mol. The highest BCUT2D eigenvalue weighted by atomic mass is 16.5. The molecular formula is C13H16N2O2. The van der Waals surface area contributed by atoms with Crippen molar-refractivity contribution >= 4 is 6.01 Å². The minimum absolute atomic E-state index is 0.243. The smallest absolute Gasteiger partial charge is 0.292 e. The van der Waals surface area contributed by atoms with Crippen molar-refractivity contribution in [2.75, 3.05) is 12.8 Å². The lowest BCUT2D eigenvalue weighted by atomic mass is 10.1. The molecule has 0 saturated heterocycles. The zero-order valence-corrected chi connectivity index (χ0v) is 10.1. The second-order valence-corrected chi connectivity index (χ2v) is 3.90. The maximum atomic E-state index is 5.49. The summed E-state index contributed by atoms with van der Waals surface area (Å²) in [5.41, 5.74) is 7.66. The van der Waals surface area contributed by atoms with Crippen LogP contribution in [0, 0.1) is 6.92 Å². The normalized spacial score (nSPS) is 10.5. The highest BCUT2D eigenvalue weighted by Crippen LogP contribution is 2.16. The zero-order chi connectivity index (χ0) is 12.3. The van der Waals surface area contributed by atoms with Crippen LogP contribution in [0.25, 0.3) is 0 Å². The summed E-state index contributed by atoms with van der Waals surface area (Å²) in [5, 5.41) is 0. The molecule has 0 unspecified atom stereocenters. The minimum atomic E-state index is 0.243. The number of aryl methyl sites for hydroxylation is 3. The van der Waals surface area contributed by atoms with Gasteiger partial charge in [-0.15, -0.1) is 0 Å². The molecule has 0 spiro atoms. The molecule has 0 amide bonds. The summed E-state index contributed by atoms with van der Waals surface area (Å²) in [7, 11) is 1.66. The number of ether oxygens (including phenoxy) is 1. The zero-order valence-electron chi connectivity index (χ0n) is 10.1. The molecule has 0 fully saturated rings. The predicted octanol–water partition coefficient (Wildman–Crippen LogP) is 2.36. The molecule has 1 aromatic carbocycles. The van der Waals surface area contributed by atoms with E-state index in [9.17, 15) is 0 Å². The number of nitrogen functional groups attached to an aromatic ring is 1. The number of benzene rings is 1. The van der Waals surface area contributed by atoms with Gasteiger partial charge in [-0.3, -0.25) is 0 Å². The third kappa shape index (κ3) is 2.78. The molecule has 0 radical (unpaired) electrons. The van der Waals surface area contributed by atoms with E-state index >= 15 is 0 Å². The van der Waals surface area contributed by atoms with Crippen LogP contribution in [0.1, 0.15) is 17.0 Å². The van der Waals surface area contributed by atoms with Crippen molar-refractivity contribution in [1.82, 2.24) is 4.98 Å². The van der Waals surface area contributed by atoms with Gasteiger partial charge in [0, 0.05) is 0 Å². The molecule has 0 saturated carbocycles. The first-order valence-corrected chi connectivity index (χ1v) is 5.53. The summed E-state index contributed by atoms with van der Waals surface area (Å²) in [5.74, 6) is 1.67. The standard InChI is InChI=1S/C13H16N2O2/c1-9-12(15-13(14)17-9)8-5-10-3-6-11(16-2)7-4-10/h3-4,6-7H,5,8H2,1-2H3,(H2,14,15). The number of methoxy groups -OCH3 is 1.